The molecule has 0 heterocycles. The van der Waals surface area contributed by atoms with Gasteiger partial charge in [-0.05, 0) is 34.1 Å². The van der Waals surface area contributed by atoms with E-state index < -0.39 is 10.2 Å². The fourth-order valence-corrected chi connectivity index (χ4v) is 0.938. The van der Waals surface area contributed by atoms with Crippen molar-refractivity contribution in [2.24, 2.45) is 20.3 Å². The molecule has 2 N–H and O–H groups in total. The van der Waals surface area contributed by atoms with Gasteiger partial charge in [0.15, 0.2) is 0 Å². The first-order valence-corrected chi connectivity index (χ1v) is 7.28. The average molecular weight is 403 g/mol. The third-order valence-corrected chi connectivity index (χ3v) is 2.36. The van der Waals surface area contributed by atoms with Crippen LogP contribution in [0.2, 0.25) is 0 Å². The summed E-state index contributed by atoms with van der Waals surface area (Å²) in [6.45, 7) is 8.25. The molecule has 0 aromatic heterocycles. The number of aliphatic imine (C=N–C) groups is 2. The van der Waals surface area contributed by atoms with Crippen LogP contribution in [0.1, 0.15) is 34.1 Å². The van der Waals surface area contributed by atoms with Crippen LogP contribution in [0.4, 0.5) is 0 Å². The largest absolute Gasteiger partial charge is 1.00 e. The van der Waals surface area contributed by atoms with Crippen LogP contribution >= 0.6 is 0 Å². The topological polar surface area (TPSA) is 182 Å². The molecule has 10 nitrogen and oxygen atoms in total. The number of halogens is 1. The van der Waals surface area contributed by atoms with E-state index in [0.717, 1.165) is 17.8 Å². The van der Waals surface area contributed by atoms with Crippen molar-refractivity contribution in [3.05, 3.63) is 0 Å². The van der Waals surface area contributed by atoms with Crippen LogP contribution < -0.4 is 18.6 Å². The van der Waals surface area contributed by atoms with Gasteiger partial charge in [0.2, 0.25) is 0 Å². The molecule has 0 aliphatic carbocycles. The van der Waals surface area contributed by atoms with Crippen molar-refractivity contribution in [3.63, 3.8) is 0 Å². The van der Waals surface area contributed by atoms with Crippen LogP contribution in [0.15, 0.2) is 20.3 Å². The van der Waals surface area contributed by atoms with E-state index >= 15 is 0 Å². The molecule has 138 valence electrons. The minimum Gasteiger partial charge on any atom is -0.411 e. The van der Waals surface area contributed by atoms with Crippen molar-refractivity contribution in [2.75, 3.05) is 13.1 Å². The standard InChI is InChI=1S/C11H20N4O2.ClHO4.Cu/c1-8(10(3)14-16)12-6-5-7-13-9(2)11(4)15-17;2-1(3,4)5;/h16-17H,5-7H2,1-4H3;(H,2,3,4,5);/q;;+1/p-1/b12-8?,13-9?,14-10+,15-11+;;. The summed E-state index contributed by atoms with van der Waals surface area (Å²) in [5.74, 6) is 0. The third-order valence-electron chi connectivity index (χ3n) is 2.36. The summed E-state index contributed by atoms with van der Waals surface area (Å²) in [5, 5.41) is 23.2. The Balaban J connectivity index is -0.000000578. The van der Waals surface area contributed by atoms with E-state index in [2.05, 4.69) is 20.3 Å². The van der Waals surface area contributed by atoms with Crippen molar-refractivity contribution < 1.29 is 56.4 Å². The SMILES string of the molecule is CC(=NCCCN=C(C)/C(C)=N/O)/C(C)=N/O.[Cu+].[O-][Cl+3]([O-])([O-])[O-]. The number of hydrogen-bond acceptors (Lipinski definition) is 10. The van der Waals surface area contributed by atoms with E-state index in [4.69, 9.17) is 29.1 Å². The smallest absolute Gasteiger partial charge is 0.411 e. The fraction of sp³-hybridized carbons (Fsp3) is 0.636. The summed E-state index contributed by atoms with van der Waals surface area (Å²) in [6, 6.07) is 0. The van der Waals surface area contributed by atoms with E-state index in [0.29, 0.717) is 24.5 Å². The van der Waals surface area contributed by atoms with Gasteiger partial charge in [-0.25, -0.2) is 18.6 Å². The van der Waals surface area contributed by atoms with Crippen molar-refractivity contribution in [2.45, 2.75) is 34.1 Å². The van der Waals surface area contributed by atoms with Gasteiger partial charge in [-0.15, -0.1) is 10.2 Å². The second kappa shape index (κ2) is 14.5. The molecular weight excluding hydrogens is 383 g/mol. The molecule has 0 saturated carbocycles. The second-order valence-corrected chi connectivity index (χ2v) is 4.79. The summed E-state index contributed by atoms with van der Waals surface area (Å²) >= 11 is 0. The molecule has 0 radical (unpaired) electrons. The molecule has 0 amide bonds. The van der Waals surface area contributed by atoms with Crippen molar-refractivity contribution in [3.8, 4) is 0 Å². The Morgan fingerprint density at radius 2 is 1.00 bits per heavy atom. The minimum atomic E-state index is -4.94. The van der Waals surface area contributed by atoms with Crippen molar-refractivity contribution >= 4 is 22.8 Å². The zero-order chi connectivity index (χ0) is 17.8. The number of hydrogen-bond donors (Lipinski definition) is 2. The Labute approximate surface area is 147 Å². The van der Waals surface area contributed by atoms with Gasteiger partial charge in [-0.3, -0.25) is 9.98 Å². The maximum atomic E-state index is 8.52. The van der Waals surface area contributed by atoms with Crippen LogP contribution in [-0.4, -0.2) is 46.4 Å². The molecular formula is C11H20ClCuN4O6. The maximum Gasteiger partial charge on any atom is 1.00 e. The summed E-state index contributed by atoms with van der Waals surface area (Å²) in [7, 11) is -4.94. The van der Waals surface area contributed by atoms with E-state index in [1.54, 1.807) is 27.7 Å². The fourth-order valence-electron chi connectivity index (χ4n) is 0.938. The molecule has 0 aliphatic rings. The van der Waals surface area contributed by atoms with Gasteiger partial charge >= 0.3 is 17.1 Å². The Morgan fingerprint density at radius 1 is 0.739 bits per heavy atom. The monoisotopic (exact) mass is 402 g/mol. The van der Waals surface area contributed by atoms with Gasteiger partial charge < -0.3 is 10.4 Å². The molecule has 0 bridgehead atoms. The molecule has 23 heavy (non-hydrogen) atoms. The molecule has 0 unspecified atom stereocenters. The van der Waals surface area contributed by atoms with E-state index in [-0.39, 0.29) is 17.1 Å². The Kier molecular flexibility index (Phi) is 16.9. The molecule has 12 heteroatoms. The van der Waals surface area contributed by atoms with E-state index in [1.807, 2.05) is 0 Å². The van der Waals surface area contributed by atoms with Gasteiger partial charge in [-0.1, -0.05) is 10.3 Å². The van der Waals surface area contributed by atoms with Gasteiger partial charge in [0.1, 0.15) is 0 Å². The van der Waals surface area contributed by atoms with E-state index in [9.17, 15) is 0 Å². The molecule has 0 saturated heterocycles. The second-order valence-electron chi connectivity index (χ2n) is 4.04. The normalized spacial score (nSPS) is 13.9. The first kappa shape index (κ1) is 26.8. The number of oxime groups is 2. The van der Waals surface area contributed by atoms with Crippen LogP contribution in [0.25, 0.3) is 0 Å². The van der Waals surface area contributed by atoms with Gasteiger partial charge in [0.05, 0.1) is 22.8 Å². The third kappa shape index (κ3) is 20.9. The van der Waals surface area contributed by atoms with Crippen LogP contribution in [0.5, 0.6) is 0 Å². The molecule has 0 aliphatic heterocycles. The molecule has 0 fully saturated rings. The molecule has 0 rings (SSSR count). The molecule has 0 atom stereocenters. The zero-order valence-corrected chi connectivity index (χ0v) is 14.8. The Morgan fingerprint density at radius 3 is 1.22 bits per heavy atom. The van der Waals surface area contributed by atoms with Gasteiger partial charge in [-0.2, -0.15) is 0 Å². The summed E-state index contributed by atoms with van der Waals surface area (Å²) in [6.07, 6.45) is 0.798. The summed E-state index contributed by atoms with van der Waals surface area (Å²) in [5.41, 5.74) is 2.49. The van der Waals surface area contributed by atoms with Gasteiger partial charge in [0.25, 0.3) is 0 Å². The number of nitrogens with zero attached hydrogens (tertiary/aromatic N) is 4. The predicted molar refractivity (Wildman–Crippen MR) is 70.4 cm³/mol. The van der Waals surface area contributed by atoms with Crippen LogP contribution in [-0.2, 0) is 17.1 Å². The Hall–Kier alpha value is -1.07. The van der Waals surface area contributed by atoms with E-state index in [1.165, 1.54) is 0 Å². The minimum absolute atomic E-state index is 0. The quantitative estimate of drug-likeness (QED) is 0.159. The first-order valence-electron chi connectivity index (χ1n) is 6.04. The van der Waals surface area contributed by atoms with Crippen molar-refractivity contribution in [1.29, 1.82) is 0 Å². The van der Waals surface area contributed by atoms with Crippen molar-refractivity contribution in [1.82, 2.24) is 0 Å². The molecule has 0 spiro atoms. The average Bonchev–Trinajstić information content (AvgIpc) is 2.42. The predicted octanol–water partition coefficient (Wildman–Crippen LogP) is -2.76. The molecule has 0 aromatic carbocycles. The van der Waals surface area contributed by atoms with Crippen LogP contribution in [0, 0.1) is 10.2 Å². The summed E-state index contributed by atoms with van der Waals surface area (Å²) < 4.78 is 34.0. The zero-order valence-electron chi connectivity index (χ0n) is 13.1. The van der Waals surface area contributed by atoms with Gasteiger partial charge in [0, 0.05) is 13.1 Å². The summed E-state index contributed by atoms with van der Waals surface area (Å²) in [4.78, 5) is 8.47. The first-order chi connectivity index (χ1) is 10.0. The van der Waals surface area contributed by atoms with Crippen LogP contribution in [0.3, 0.4) is 0 Å². The Bertz CT molecular complexity index is 408. The number of rotatable bonds is 6. The molecule has 0 aromatic rings. The maximum absolute atomic E-state index is 8.52.